The first-order chi connectivity index (χ1) is 7.51. The Morgan fingerprint density at radius 1 is 1.31 bits per heavy atom. The van der Waals surface area contributed by atoms with Gasteiger partial charge in [0.05, 0.1) is 6.42 Å². The van der Waals surface area contributed by atoms with Gasteiger partial charge < -0.3 is 10.2 Å². The Kier molecular flexibility index (Phi) is 5.55. The van der Waals surface area contributed by atoms with Crippen LogP contribution in [0.5, 0.6) is 0 Å². The summed E-state index contributed by atoms with van der Waals surface area (Å²) in [6.45, 7) is 4.47. The number of nitrogens with zero attached hydrogens (tertiary/aromatic N) is 1. The van der Waals surface area contributed by atoms with E-state index in [2.05, 4.69) is 5.32 Å². The average Bonchev–Trinajstić information content (AvgIpc) is 2.24. The number of rotatable bonds is 5. The minimum Gasteiger partial charge on any atom is -0.313 e. The average molecular weight is 238 g/mol. The molecule has 16 heavy (non-hydrogen) atoms. The first-order valence-electron chi connectivity index (χ1n) is 6.04. The highest BCUT2D eigenvalue weighted by Gasteiger charge is 2.28. The van der Waals surface area contributed by atoms with E-state index < -0.39 is 12.6 Å². The molecule has 5 heteroatoms. The van der Waals surface area contributed by atoms with Crippen molar-refractivity contribution in [3.05, 3.63) is 0 Å². The summed E-state index contributed by atoms with van der Waals surface area (Å²) in [7, 11) is 0. The smallest absolute Gasteiger partial charge is 0.313 e. The van der Waals surface area contributed by atoms with E-state index in [1.807, 2.05) is 11.8 Å². The number of hydrogen-bond acceptors (Lipinski definition) is 2. The molecule has 1 unspecified atom stereocenters. The molecule has 0 bridgehead atoms. The van der Waals surface area contributed by atoms with Gasteiger partial charge >= 0.3 is 6.18 Å². The van der Waals surface area contributed by atoms with Gasteiger partial charge in [-0.2, -0.15) is 13.2 Å². The SMILES string of the molecule is CCN(CCC(F)(F)F)CC1CCCCN1. The number of likely N-dealkylation sites (N-methyl/N-ethyl adjacent to an activating group) is 1. The molecule has 0 saturated carbocycles. The van der Waals surface area contributed by atoms with E-state index in [0.717, 1.165) is 19.5 Å². The highest BCUT2D eigenvalue weighted by atomic mass is 19.4. The molecule has 0 aromatic rings. The first-order valence-corrected chi connectivity index (χ1v) is 6.04. The van der Waals surface area contributed by atoms with E-state index in [1.165, 1.54) is 12.8 Å². The summed E-state index contributed by atoms with van der Waals surface area (Å²) in [5, 5.41) is 3.36. The van der Waals surface area contributed by atoms with Gasteiger partial charge in [0.1, 0.15) is 0 Å². The highest BCUT2D eigenvalue weighted by molar-refractivity contribution is 4.76. The molecule has 1 atom stereocenters. The van der Waals surface area contributed by atoms with E-state index in [4.69, 9.17) is 0 Å². The van der Waals surface area contributed by atoms with Gasteiger partial charge in [-0.25, -0.2) is 0 Å². The largest absolute Gasteiger partial charge is 0.390 e. The van der Waals surface area contributed by atoms with Gasteiger partial charge in [-0.05, 0) is 25.9 Å². The van der Waals surface area contributed by atoms with E-state index >= 15 is 0 Å². The van der Waals surface area contributed by atoms with Crippen molar-refractivity contribution in [2.45, 2.75) is 44.8 Å². The van der Waals surface area contributed by atoms with Gasteiger partial charge in [-0.3, -0.25) is 0 Å². The lowest BCUT2D eigenvalue weighted by Crippen LogP contribution is -2.44. The molecule has 1 heterocycles. The molecular weight excluding hydrogens is 217 g/mol. The lowest BCUT2D eigenvalue weighted by molar-refractivity contribution is -0.138. The first kappa shape index (κ1) is 13.8. The Morgan fingerprint density at radius 2 is 2.06 bits per heavy atom. The van der Waals surface area contributed by atoms with Crippen molar-refractivity contribution in [2.24, 2.45) is 0 Å². The van der Waals surface area contributed by atoms with Crippen LogP contribution in [0.15, 0.2) is 0 Å². The van der Waals surface area contributed by atoms with Crippen molar-refractivity contribution in [1.29, 1.82) is 0 Å². The van der Waals surface area contributed by atoms with Crippen molar-refractivity contribution in [3.63, 3.8) is 0 Å². The van der Waals surface area contributed by atoms with E-state index in [-0.39, 0.29) is 6.54 Å². The maximum Gasteiger partial charge on any atom is 0.390 e. The Hall–Kier alpha value is -0.290. The molecule has 2 nitrogen and oxygen atoms in total. The molecule has 0 aromatic heterocycles. The van der Waals surface area contributed by atoms with E-state index in [0.29, 0.717) is 12.6 Å². The molecule has 1 rings (SSSR count). The number of nitrogens with one attached hydrogen (secondary N) is 1. The number of halogens is 3. The fraction of sp³-hybridized carbons (Fsp3) is 1.00. The quantitative estimate of drug-likeness (QED) is 0.791. The summed E-state index contributed by atoms with van der Waals surface area (Å²) in [5.74, 6) is 0. The monoisotopic (exact) mass is 238 g/mol. The maximum absolute atomic E-state index is 12.1. The molecule has 0 spiro atoms. The molecule has 96 valence electrons. The lowest BCUT2D eigenvalue weighted by atomic mass is 10.0. The van der Waals surface area contributed by atoms with Gasteiger partial charge in [0.2, 0.25) is 0 Å². The molecular formula is C11H21F3N2. The zero-order chi connectivity index (χ0) is 12.0. The van der Waals surface area contributed by atoms with Crippen LogP contribution in [0.4, 0.5) is 13.2 Å². The Bertz CT molecular complexity index is 188. The van der Waals surface area contributed by atoms with Gasteiger partial charge in [0.25, 0.3) is 0 Å². The summed E-state index contributed by atoms with van der Waals surface area (Å²) in [5.41, 5.74) is 0. The normalized spacial score (nSPS) is 22.7. The topological polar surface area (TPSA) is 15.3 Å². The Balaban J connectivity index is 2.25. The predicted octanol–water partition coefficient (Wildman–Crippen LogP) is 2.40. The molecule has 1 fully saturated rings. The minimum absolute atomic E-state index is 0.123. The van der Waals surface area contributed by atoms with Crippen LogP contribution in [0.2, 0.25) is 0 Å². The van der Waals surface area contributed by atoms with Crippen LogP contribution in [-0.4, -0.2) is 43.3 Å². The highest BCUT2D eigenvalue weighted by Crippen LogP contribution is 2.20. The van der Waals surface area contributed by atoms with Crippen LogP contribution >= 0.6 is 0 Å². The van der Waals surface area contributed by atoms with Gasteiger partial charge in [-0.1, -0.05) is 13.3 Å². The summed E-state index contributed by atoms with van der Waals surface area (Å²) >= 11 is 0. The third-order valence-corrected chi connectivity index (χ3v) is 3.05. The molecule has 1 aliphatic heterocycles. The van der Waals surface area contributed by atoms with Crippen molar-refractivity contribution < 1.29 is 13.2 Å². The standard InChI is InChI=1S/C11H21F3N2/c1-2-16(8-6-11(12,13)14)9-10-5-3-4-7-15-10/h10,15H,2-9H2,1H3. The Labute approximate surface area is 95.2 Å². The molecule has 0 aromatic carbocycles. The number of hydrogen-bond donors (Lipinski definition) is 1. The summed E-state index contributed by atoms with van der Waals surface area (Å²) in [6, 6.07) is 0.377. The lowest BCUT2D eigenvalue weighted by Gasteiger charge is -2.30. The predicted molar refractivity (Wildman–Crippen MR) is 58.4 cm³/mol. The molecule has 0 amide bonds. The third kappa shape index (κ3) is 5.70. The fourth-order valence-electron chi connectivity index (χ4n) is 2.05. The fourth-order valence-corrected chi connectivity index (χ4v) is 2.05. The van der Waals surface area contributed by atoms with Crippen LogP contribution in [0.25, 0.3) is 0 Å². The van der Waals surface area contributed by atoms with Gasteiger partial charge in [0.15, 0.2) is 0 Å². The van der Waals surface area contributed by atoms with Crippen molar-refractivity contribution in [2.75, 3.05) is 26.2 Å². The molecule has 1 aliphatic rings. The van der Waals surface area contributed by atoms with Crippen LogP contribution < -0.4 is 5.32 Å². The zero-order valence-corrected chi connectivity index (χ0v) is 9.82. The molecule has 1 N–H and O–H groups in total. The number of piperidine rings is 1. The zero-order valence-electron chi connectivity index (χ0n) is 9.82. The van der Waals surface area contributed by atoms with Crippen LogP contribution in [-0.2, 0) is 0 Å². The molecule has 0 aliphatic carbocycles. The molecule has 0 radical (unpaired) electrons. The van der Waals surface area contributed by atoms with Gasteiger partial charge in [-0.15, -0.1) is 0 Å². The minimum atomic E-state index is -4.03. The maximum atomic E-state index is 12.1. The third-order valence-electron chi connectivity index (χ3n) is 3.05. The molecule has 1 saturated heterocycles. The second-order valence-corrected chi connectivity index (χ2v) is 4.41. The van der Waals surface area contributed by atoms with Gasteiger partial charge in [0, 0.05) is 19.1 Å². The van der Waals surface area contributed by atoms with Crippen molar-refractivity contribution in [3.8, 4) is 0 Å². The van der Waals surface area contributed by atoms with Crippen LogP contribution in [0.1, 0.15) is 32.6 Å². The van der Waals surface area contributed by atoms with E-state index in [1.54, 1.807) is 0 Å². The van der Waals surface area contributed by atoms with Crippen LogP contribution in [0.3, 0.4) is 0 Å². The summed E-state index contributed by atoms with van der Waals surface area (Å²) < 4.78 is 36.3. The van der Waals surface area contributed by atoms with Crippen molar-refractivity contribution >= 4 is 0 Å². The van der Waals surface area contributed by atoms with Crippen molar-refractivity contribution in [1.82, 2.24) is 10.2 Å². The Morgan fingerprint density at radius 3 is 2.56 bits per heavy atom. The van der Waals surface area contributed by atoms with Crippen LogP contribution in [0, 0.1) is 0 Å². The second kappa shape index (κ2) is 6.45. The number of alkyl halides is 3. The summed E-state index contributed by atoms with van der Waals surface area (Å²) in [4.78, 5) is 1.89. The summed E-state index contributed by atoms with van der Waals surface area (Å²) in [6.07, 6.45) is -1.27. The van der Waals surface area contributed by atoms with E-state index in [9.17, 15) is 13.2 Å². The second-order valence-electron chi connectivity index (χ2n) is 4.41.